The second-order valence-electron chi connectivity index (χ2n) is 4.22. The number of nitrogens with one attached hydrogen (secondary N) is 1. The smallest absolute Gasteiger partial charge is 0.411 e. The molecule has 3 N–H and O–H groups in total. The molecule has 1 rings (SSSR count). The molecular formula is C12H17ClN2O2. The Morgan fingerprint density at radius 3 is 2.88 bits per heavy atom. The molecule has 0 heterocycles. The molecule has 0 spiro atoms. The minimum absolute atomic E-state index is 0.176. The van der Waals surface area contributed by atoms with Crippen LogP contribution in [0.15, 0.2) is 24.3 Å². The Kier molecular flexibility index (Phi) is 4.78. The van der Waals surface area contributed by atoms with E-state index in [4.69, 9.17) is 22.1 Å². The zero-order chi connectivity index (χ0) is 12.9. The van der Waals surface area contributed by atoms with Gasteiger partial charge < -0.3 is 10.5 Å². The molecule has 1 atom stereocenters. The van der Waals surface area contributed by atoms with Crippen LogP contribution in [-0.4, -0.2) is 18.2 Å². The molecule has 0 saturated carbocycles. The Bertz CT molecular complexity index is 394. The van der Waals surface area contributed by atoms with Gasteiger partial charge in [0.1, 0.15) is 6.61 Å². The Hall–Kier alpha value is -1.26. The summed E-state index contributed by atoms with van der Waals surface area (Å²) in [6.45, 7) is 3.95. The minimum atomic E-state index is -0.530. The van der Waals surface area contributed by atoms with Gasteiger partial charge in [0, 0.05) is 16.2 Å². The quantitative estimate of drug-likeness (QED) is 0.870. The molecule has 1 unspecified atom stereocenters. The number of nitrogens with two attached hydrogens (primary N) is 1. The van der Waals surface area contributed by atoms with Crippen molar-refractivity contribution in [1.29, 1.82) is 0 Å². The molecule has 0 fully saturated rings. The van der Waals surface area contributed by atoms with Crippen molar-refractivity contribution in [1.82, 2.24) is 0 Å². The fourth-order valence-electron chi connectivity index (χ4n) is 1.05. The minimum Gasteiger partial charge on any atom is -0.447 e. The van der Waals surface area contributed by atoms with Crippen LogP contribution in [0.4, 0.5) is 10.5 Å². The standard InChI is InChI=1S/C12H17ClN2O2/c1-3-12(2,14)8-17-11(16)15-10-6-4-5-9(13)7-10/h4-7H,3,8,14H2,1-2H3,(H,15,16). The number of rotatable bonds is 4. The fraction of sp³-hybridized carbons (Fsp3) is 0.417. The number of benzene rings is 1. The van der Waals surface area contributed by atoms with Crippen molar-refractivity contribution >= 4 is 23.4 Å². The lowest BCUT2D eigenvalue weighted by molar-refractivity contribution is 0.132. The van der Waals surface area contributed by atoms with Crippen LogP contribution in [0.1, 0.15) is 20.3 Å². The molecule has 0 aromatic heterocycles. The van der Waals surface area contributed by atoms with Crippen molar-refractivity contribution < 1.29 is 9.53 Å². The van der Waals surface area contributed by atoms with Crippen molar-refractivity contribution in [3.05, 3.63) is 29.3 Å². The van der Waals surface area contributed by atoms with E-state index in [-0.39, 0.29) is 6.61 Å². The highest BCUT2D eigenvalue weighted by molar-refractivity contribution is 6.30. The number of hydrogen-bond acceptors (Lipinski definition) is 3. The van der Waals surface area contributed by atoms with Crippen molar-refractivity contribution in [3.63, 3.8) is 0 Å². The molecule has 1 amide bonds. The number of carbonyl (C=O) groups is 1. The first-order valence-corrected chi connectivity index (χ1v) is 5.79. The van der Waals surface area contributed by atoms with Crippen LogP contribution in [0.25, 0.3) is 0 Å². The van der Waals surface area contributed by atoms with Crippen LogP contribution >= 0.6 is 11.6 Å². The van der Waals surface area contributed by atoms with Crippen molar-refractivity contribution in [2.45, 2.75) is 25.8 Å². The summed E-state index contributed by atoms with van der Waals surface area (Å²) < 4.78 is 5.02. The highest BCUT2D eigenvalue weighted by atomic mass is 35.5. The third kappa shape index (κ3) is 5.06. The van der Waals surface area contributed by atoms with Gasteiger partial charge in [-0.3, -0.25) is 5.32 Å². The molecule has 0 aliphatic carbocycles. The predicted molar refractivity (Wildman–Crippen MR) is 69.3 cm³/mol. The zero-order valence-corrected chi connectivity index (χ0v) is 10.8. The zero-order valence-electron chi connectivity index (χ0n) is 10.00. The molecular weight excluding hydrogens is 240 g/mol. The van der Waals surface area contributed by atoms with E-state index in [1.165, 1.54) is 0 Å². The highest BCUT2D eigenvalue weighted by Gasteiger charge is 2.18. The van der Waals surface area contributed by atoms with Gasteiger partial charge in [0.05, 0.1) is 0 Å². The van der Waals surface area contributed by atoms with Gasteiger partial charge in [-0.05, 0) is 31.5 Å². The molecule has 0 saturated heterocycles. The van der Waals surface area contributed by atoms with E-state index in [1.807, 2.05) is 13.8 Å². The third-order valence-electron chi connectivity index (χ3n) is 2.41. The number of amides is 1. The molecule has 1 aromatic carbocycles. The number of carbonyl (C=O) groups excluding carboxylic acids is 1. The topological polar surface area (TPSA) is 64.3 Å². The number of ether oxygens (including phenoxy) is 1. The summed E-state index contributed by atoms with van der Waals surface area (Å²) in [6.07, 6.45) is 0.203. The SMILES string of the molecule is CCC(C)(N)COC(=O)Nc1cccc(Cl)c1. The first-order valence-electron chi connectivity index (χ1n) is 5.41. The highest BCUT2D eigenvalue weighted by Crippen LogP contribution is 2.15. The van der Waals surface area contributed by atoms with Gasteiger partial charge in [-0.1, -0.05) is 24.6 Å². The van der Waals surface area contributed by atoms with Crippen molar-refractivity contribution in [3.8, 4) is 0 Å². The molecule has 1 aromatic rings. The van der Waals surface area contributed by atoms with E-state index in [2.05, 4.69) is 5.32 Å². The normalized spacial score (nSPS) is 13.9. The van der Waals surface area contributed by atoms with Gasteiger partial charge in [0.15, 0.2) is 0 Å². The maximum Gasteiger partial charge on any atom is 0.411 e. The predicted octanol–water partition coefficient (Wildman–Crippen LogP) is 3.02. The summed E-state index contributed by atoms with van der Waals surface area (Å²) in [4.78, 5) is 11.5. The van der Waals surface area contributed by atoms with E-state index in [0.717, 1.165) is 6.42 Å². The second kappa shape index (κ2) is 5.89. The molecule has 0 aliphatic rings. The lowest BCUT2D eigenvalue weighted by atomic mass is 10.0. The molecule has 17 heavy (non-hydrogen) atoms. The van der Waals surface area contributed by atoms with Gasteiger partial charge >= 0.3 is 6.09 Å². The summed E-state index contributed by atoms with van der Waals surface area (Å²) in [5, 5.41) is 3.13. The number of hydrogen-bond donors (Lipinski definition) is 2. The van der Waals surface area contributed by atoms with Crippen molar-refractivity contribution in [2.75, 3.05) is 11.9 Å². The van der Waals surface area contributed by atoms with E-state index >= 15 is 0 Å². The van der Waals surface area contributed by atoms with Gasteiger partial charge in [0.2, 0.25) is 0 Å². The van der Waals surface area contributed by atoms with Crippen LogP contribution < -0.4 is 11.1 Å². The van der Waals surface area contributed by atoms with E-state index in [9.17, 15) is 4.79 Å². The average Bonchev–Trinajstić information content (AvgIpc) is 2.27. The van der Waals surface area contributed by atoms with E-state index in [0.29, 0.717) is 10.7 Å². The fourth-order valence-corrected chi connectivity index (χ4v) is 1.24. The number of anilines is 1. The Morgan fingerprint density at radius 2 is 2.29 bits per heavy atom. The third-order valence-corrected chi connectivity index (χ3v) is 2.65. The summed E-state index contributed by atoms with van der Waals surface area (Å²) >= 11 is 5.79. The monoisotopic (exact) mass is 256 g/mol. The van der Waals surface area contributed by atoms with Crippen LogP contribution in [0.5, 0.6) is 0 Å². The van der Waals surface area contributed by atoms with Crippen LogP contribution in [0, 0.1) is 0 Å². The summed E-state index contributed by atoms with van der Waals surface area (Å²) in [7, 11) is 0. The molecule has 0 radical (unpaired) electrons. The Labute approximate surface area is 106 Å². The van der Waals surface area contributed by atoms with Gasteiger partial charge in [-0.15, -0.1) is 0 Å². The second-order valence-corrected chi connectivity index (χ2v) is 4.66. The molecule has 94 valence electrons. The summed E-state index contributed by atoms with van der Waals surface area (Å²) in [5.74, 6) is 0. The molecule has 4 nitrogen and oxygen atoms in total. The van der Waals surface area contributed by atoms with Crippen LogP contribution in [0.3, 0.4) is 0 Å². The molecule has 0 bridgehead atoms. The first-order chi connectivity index (χ1) is 7.93. The lowest BCUT2D eigenvalue weighted by Crippen LogP contribution is -2.41. The molecule has 5 heteroatoms. The Balaban J connectivity index is 2.45. The van der Waals surface area contributed by atoms with E-state index in [1.54, 1.807) is 24.3 Å². The maximum atomic E-state index is 11.5. The van der Waals surface area contributed by atoms with E-state index < -0.39 is 11.6 Å². The largest absolute Gasteiger partial charge is 0.447 e. The van der Waals surface area contributed by atoms with Crippen LogP contribution in [-0.2, 0) is 4.74 Å². The van der Waals surface area contributed by atoms with Crippen LogP contribution in [0.2, 0.25) is 5.02 Å². The molecule has 0 aliphatic heterocycles. The van der Waals surface area contributed by atoms with Gasteiger partial charge in [-0.2, -0.15) is 0 Å². The van der Waals surface area contributed by atoms with Crippen molar-refractivity contribution in [2.24, 2.45) is 5.73 Å². The maximum absolute atomic E-state index is 11.5. The average molecular weight is 257 g/mol. The van der Waals surface area contributed by atoms with Gasteiger partial charge in [-0.25, -0.2) is 4.79 Å². The lowest BCUT2D eigenvalue weighted by Gasteiger charge is -2.21. The summed E-state index contributed by atoms with van der Waals surface area (Å²) in [6, 6.07) is 6.85. The first kappa shape index (κ1) is 13.8. The van der Waals surface area contributed by atoms with Gasteiger partial charge in [0.25, 0.3) is 0 Å². The number of halogens is 1. The summed E-state index contributed by atoms with van der Waals surface area (Å²) in [5.41, 5.74) is 5.96. The Morgan fingerprint density at radius 1 is 1.59 bits per heavy atom.